The van der Waals surface area contributed by atoms with Crippen molar-refractivity contribution in [1.29, 1.82) is 5.26 Å². The van der Waals surface area contributed by atoms with Crippen molar-refractivity contribution >= 4 is 27.7 Å². The average molecular weight is 373 g/mol. The van der Waals surface area contributed by atoms with Crippen LogP contribution in [-0.4, -0.2) is 25.5 Å². The van der Waals surface area contributed by atoms with E-state index in [9.17, 15) is 13.6 Å². The van der Waals surface area contributed by atoms with Crippen molar-refractivity contribution in [3.63, 3.8) is 0 Å². The predicted molar refractivity (Wildman–Crippen MR) is 76.2 cm³/mol. The largest absolute Gasteiger partial charge is 0.308 e. The minimum absolute atomic E-state index is 0.175. The summed E-state index contributed by atoms with van der Waals surface area (Å²) >= 11 is 3.03. The molecule has 116 valence electrons. The molecule has 0 fully saturated rings. The molecule has 1 amide bonds. The summed E-state index contributed by atoms with van der Waals surface area (Å²) in [6.45, 7) is 1.31. The number of hydrogen-bond acceptors (Lipinski definition) is 4. The van der Waals surface area contributed by atoms with Crippen LogP contribution >= 0.6 is 15.9 Å². The molecule has 0 bridgehead atoms. The zero-order valence-corrected chi connectivity index (χ0v) is 13.2. The Balaban J connectivity index is 2.18. The Hall–Kier alpha value is -2.28. The highest BCUT2D eigenvalue weighted by Gasteiger charge is 2.21. The molecule has 0 aliphatic heterocycles. The molecule has 0 spiro atoms. The van der Waals surface area contributed by atoms with Crippen molar-refractivity contribution in [2.45, 2.75) is 19.9 Å². The standard InChI is InChI=1S/C12H11BrF2N6O/c1-6-9(13)10(11(14)15)19-21(6)5-8(22)18-12-7(3-16)4-17-20(12)2/h4,11H,5H2,1-2H3,(H,18,22). The molecule has 0 saturated carbocycles. The van der Waals surface area contributed by atoms with E-state index in [0.717, 1.165) is 0 Å². The van der Waals surface area contributed by atoms with Crippen molar-refractivity contribution in [3.8, 4) is 6.07 Å². The van der Waals surface area contributed by atoms with Gasteiger partial charge in [-0.25, -0.2) is 8.78 Å². The number of halogens is 3. The maximum absolute atomic E-state index is 12.8. The molecule has 0 saturated heterocycles. The molecule has 10 heteroatoms. The first-order valence-electron chi connectivity index (χ1n) is 6.08. The lowest BCUT2D eigenvalue weighted by Gasteiger charge is -2.07. The third kappa shape index (κ3) is 2.99. The van der Waals surface area contributed by atoms with E-state index in [1.54, 1.807) is 14.0 Å². The average Bonchev–Trinajstić information content (AvgIpc) is 2.94. The highest BCUT2D eigenvalue weighted by atomic mass is 79.9. The third-order valence-electron chi connectivity index (χ3n) is 2.98. The number of aryl methyl sites for hydroxylation is 1. The molecule has 0 aromatic carbocycles. The van der Waals surface area contributed by atoms with Gasteiger partial charge in [0, 0.05) is 7.05 Å². The summed E-state index contributed by atoms with van der Waals surface area (Å²) in [5.41, 5.74) is 0.210. The van der Waals surface area contributed by atoms with E-state index < -0.39 is 18.0 Å². The van der Waals surface area contributed by atoms with Crippen LogP contribution < -0.4 is 5.32 Å². The lowest BCUT2D eigenvalue weighted by Crippen LogP contribution is -2.22. The highest BCUT2D eigenvalue weighted by Crippen LogP contribution is 2.28. The molecule has 0 unspecified atom stereocenters. The summed E-state index contributed by atoms with van der Waals surface area (Å²) in [5, 5.41) is 19.0. The first-order valence-corrected chi connectivity index (χ1v) is 6.87. The molecule has 1 N–H and O–H groups in total. The second kappa shape index (κ2) is 6.23. The third-order valence-corrected chi connectivity index (χ3v) is 3.96. The van der Waals surface area contributed by atoms with E-state index in [4.69, 9.17) is 5.26 Å². The molecular formula is C12H11BrF2N6O. The number of carbonyl (C=O) groups excluding carboxylic acids is 1. The Kier molecular flexibility index (Phi) is 4.56. The fourth-order valence-electron chi connectivity index (χ4n) is 1.82. The molecule has 2 aromatic heterocycles. The van der Waals surface area contributed by atoms with Crippen LogP contribution in [0.5, 0.6) is 0 Å². The Morgan fingerprint density at radius 1 is 1.59 bits per heavy atom. The van der Waals surface area contributed by atoms with Gasteiger partial charge < -0.3 is 5.32 Å². The van der Waals surface area contributed by atoms with E-state index in [1.165, 1.54) is 15.6 Å². The number of rotatable bonds is 4. The molecule has 22 heavy (non-hydrogen) atoms. The zero-order chi connectivity index (χ0) is 16.4. The first kappa shape index (κ1) is 16.1. The maximum atomic E-state index is 12.8. The van der Waals surface area contributed by atoms with Crippen molar-refractivity contribution in [3.05, 3.63) is 27.6 Å². The van der Waals surface area contributed by atoms with Crippen LogP contribution in [-0.2, 0) is 18.4 Å². The summed E-state index contributed by atoms with van der Waals surface area (Å²) in [7, 11) is 1.57. The van der Waals surface area contributed by atoms with E-state index in [1.807, 2.05) is 6.07 Å². The molecule has 0 aliphatic carbocycles. The van der Waals surface area contributed by atoms with Gasteiger partial charge in [-0.1, -0.05) is 0 Å². The Bertz CT molecular complexity index is 760. The number of nitriles is 1. The molecule has 2 aromatic rings. The normalized spacial score (nSPS) is 10.8. The minimum Gasteiger partial charge on any atom is -0.308 e. The smallest absolute Gasteiger partial charge is 0.283 e. The fraction of sp³-hybridized carbons (Fsp3) is 0.333. The first-order chi connectivity index (χ1) is 10.3. The van der Waals surface area contributed by atoms with Crippen molar-refractivity contribution < 1.29 is 13.6 Å². The Labute approximate surface area is 132 Å². The van der Waals surface area contributed by atoms with Gasteiger partial charge in [0.05, 0.1) is 16.4 Å². The lowest BCUT2D eigenvalue weighted by molar-refractivity contribution is -0.117. The Morgan fingerprint density at radius 2 is 2.27 bits per heavy atom. The molecule has 2 rings (SSSR count). The highest BCUT2D eigenvalue weighted by molar-refractivity contribution is 9.10. The van der Waals surface area contributed by atoms with Crippen molar-refractivity contribution in [2.24, 2.45) is 7.05 Å². The van der Waals surface area contributed by atoms with Gasteiger partial charge in [0.25, 0.3) is 6.43 Å². The lowest BCUT2D eigenvalue weighted by atomic mass is 10.3. The fourth-order valence-corrected chi connectivity index (χ4v) is 2.27. The van der Waals surface area contributed by atoms with E-state index >= 15 is 0 Å². The molecule has 7 nitrogen and oxygen atoms in total. The van der Waals surface area contributed by atoms with Crippen molar-refractivity contribution in [2.75, 3.05) is 5.32 Å². The Morgan fingerprint density at radius 3 is 2.82 bits per heavy atom. The SMILES string of the molecule is Cc1c(Br)c(C(F)F)nn1CC(=O)Nc1c(C#N)cnn1C. The monoisotopic (exact) mass is 372 g/mol. The van der Waals surface area contributed by atoms with Gasteiger partial charge in [-0.2, -0.15) is 15.5 Å². The van der Waals surface area contributed by atoms with Crippen LogP contribution in [0.15, 0.2) is 10.7 Å². The zero-order valence-electron chi connectivity index (χ0n) is 11.6. The number of anilines is 1. The van der Waals surface area contributed by atoms with E-state index in [0.29, 0.717) is 5.69 Å². The molecule has 0 aliphatic rings. The van der Waals surface area contributed by atoms with Crippen LogP contribution in [0.4, 0.5) is 14.6 Å². The number of alkyl halides is 2. The summed E-state index contributed by atoms with van der Waals surface area (Å²) in [4.78, 5) is 12.0. The van der Waals surface area contributed by atoms with E-state index in [-0.39, 0.29) is 22.4 Å². The van der Waals surface area contributed by atoms with Crippen LogP contribution in [0.25, 0.3) is 0 Å². The van der Waals surface area contributed by atoms with Crippen molar-refractivity contribution in [1.82, 2.24) is 19.6 Å². The quantitative estimate of drug-likeness (QED) is 0.890. The van der Waals surface area contributed by atoms with Gasteiger partial charge in [-0.3, -0.25) is 14.2 Å². The molecule has 0 radical (unpaired) electrons. The summed E-state index contributed by atoms with van der Waals surface area (Å²) < 4.78 is 28.2. The molecule has 2 heterocycles. The number of hydrogen-bond donors (Lipinski definition) is 1. The van der Waals surface area contributed by atoms with Crippen LogP contribution in [0, 0.1) is 18.3 Å². The molecule has 0 atom stereocenters. The summed E-state index contributed by atoms with van der Waals surface area (Å²) in [6, 6.07) is 1.90. The second-order valence-electron chi connectivity index (χ2n) is 4.43. The minimum atomic E-state index is -2.74. The van der Waals surface area contributed by atoms with Gasteiger partial charge in [0.2, 0.25) is 5.91 Å². The number of amides is 1. The summed E-state index contributed by atoms with van der Waals surface area (Å²) in [5.74, 6) is -0.260. The number of nitrogens with one attached hydrogen (secondary N) is 1. The van der Waals surface area contributed by atoms with Gasteiger partial charge >= 0.3 is 0 Å². The second-order valence-corrected chi connectivity index (χ2v) is 5.23. The maximum Gasteiger partial charge on any atom is 0.283 e. The van der Waals surface area contributed by atoms with Crippen LogP contribution in [0.3, 0.4) is 0 Å². The number of aromatic nitrogens is 4. The predicted octanol–water partition coefficient (Wildman–Crippen LogP) is 2.14. The number of nitrogens with zero attached hydrogens (tertiary/aromatic N) is 5. The topological polar surface area (TPSA) is 88.5 Å². The van der Waals surface area contributed by atoms with Crippen LogP contribution in [0.1, 0.15) is 23.4 Å². The van der Waals surface area contributed by atoms with E-state index in [2.05, 4.69) is 31.4 Å². The molecular weight excluding hydrogens is 362 g/mol. The number of carbonyl (C=O) groups is 1. The van der Waals surface area contributed by atoms with Gasteiger partial charge in [-0.15, -0.1) is 0 Å². The van der Waals surface area contributed by atoms with Gasteiger partial charge in [0.1, 0.15) is 29.7 Å². The van der Waals surface area contributed by atoms with Crippen LogP contribution in [0.2, 0.25) is 0 Å². The van der Waals surface area contributed by atoms with Gasteiger partial charge in [-0.05, 0) is 22.9 Å². The summed E-state index contributed by atoms with van der Waals surface area (Å²) in [6.07, 6.45) is -1.42. The van der Waals surface area contributed by atoms with Gasteiger partial charge in [0.15, 0.2) is 0 Å².